The molecule has 1 aromatic carbocycles. The molecule has 0 fully saturated rings. The minimum atomic E-state index is -4.71. The van der Waals surface area contributed by atoms with Crippen molar-refractivity contribution < 1.29 is 19.3 Å². The van der Waals surface area contributed by atoms with Crippen LogP contribution in [0.4, 0.5) is 13.2 Å². The first-order valence-corrected chi connectivity index (χ1v) is 4.16. The standard InChI is InChI=1S/C10H11F3O/c1-7(2)8-5-3-4-6-9(8)14-10(11,12)13/h3-7H,1-2H3/i4D. The van der Waals surface area contributed by atoms with Crippen LogP contribution in [-0.2, 0) is 0 Å². The first-order chi connectivity index (χ1) is 6.79. The lowest BCUT2D eigenvalue weighted by Gasteiger charge is -2.14. The highest BCUT2D eigenvalue weighted by molar-refractivity contribution is 5.35. The number of halogens is 3. The number of ether oxygens (including phenoxy) is 1. The minimum absolute atomic E-state index is 0.00125. The lowest BCUT2D eigenvalue weighted by molar-refractivity contribution is -0.274. The van der Waals surface area contributed by atoms with E-state index < -0.39 is 6.36 Å². The summed E-state index contributed by atoms with van der Waals surface area (Å²) in [5.74, 6) is -0.368. The summed E-state index contributed by atoms with van der Waals surface area (Å²) in [6, 6.07) is 3.99. The molecular weight excluding hydrogens is 193 g/mol. The Labute approximate surface area is 81.9 Å². The van der Waals surface area contributed by atoms with Gasteiger partial charge in [0.15, 0.2) is 0 Å². The number of alkyl halides is 3. The third-order valence-electron chi connectivity index (χ3n) is 1.71. The first kappa shape index (κ1) is 9.37. The second kappa shape index (κ2) is 3.90. The summed E-state index contributed by atoms with van der Waals surface area (Å²) in [6.07, 6.45) is -4.71. The van der Waals surface area contributed by atoms with Gasteiger partial charge in [-0.2, -0.15) is 0 Å². The van der Waals surface area contributed by atoms with E-state index in [0.717, 1.165) is 6.07 Å². The molecule has 78 valence electrons. The van der Waals surface area contributed by atoms with Crippen molar-refractivity contribution in [1.29, 1.82) is 0 Å². The second-order valence-corrected chi connectivity index (χ2v) is 3.17. The third kappa shape index (κ3) is 2.94. The predicted molar refractivity (Wildman–Crippen MR) is 47.2 cm³/mol. The summed E-state index contributed by atoms with van der Waals surface area (Å²) >= 11 is 0. The number of hydrogen-bond donors (Lipinski definition) is 0. The average molecular weight is 205 g/mol. The van der Waals surface area contributed by atoms with Gasteiger partial charge in [0, 0.05) is 0 Å². The Morgan fingerprint density at radius 2 is 2.00 bits per heavy atom. The fourth-order valence-electron chi connectivity index (χ4n) is 1.12. The van der Waals surface area contributed by atoms with E-state index in [9.17, 15) is 13.2 Å². The molecule has 0 atom stereocenters. The molecule has 0 N–H and O–H groups in total. The number of benzene rings is 1. The molecule has 0 saturated carbocycles. The zero-order chi connectivity index (χ0) is 11.6. The molecule has 0 aliphatic carbocycles. The van der Waals surface area contributed by atoms with E-state index >= 15 is 0 Å². The molecule has 0 aliphatic heterocycles. The highest BCUT2D eigenvalue weighted by atomic mass is 19.4. The molecule has 1 aromatic rings. The number of para-hydroxylation sites is 1. The maximum absolute atomic E-state index is 12.0. The van der Waals surface area contributed by atoms with E-state index in [4.69, 9.17) is 1.37 Å². The summed E-state index contributed by atoms with van der Waals surface area (Å²) in [5.41, 5.74) is 0.448. The van der Waals surface area contributed by atoms with Crippen molar-refractivity contribution in [2.75, 3.05) is 0 Å². The van der Waals surface area contributed by atoms with E-state index in [1.165, 1.54) is 12.1 Å². The van der Waals surface area contributed by atoms with Crippen LogP contribution in [-0.4, -0.2) is 6.36 Å². The topological polar surface area (TPSA) is 9.23 Å². The van der Waals surface area contributed by atoms with Crippen molar-refractivity contribution in [2.45, 2.75) is 26.1 Å². The van der Waals surface area contributed by atoms with Crippen LogP contribution in [0, 0.1) is 0 Å². The minimum Gasteiger partial charge on any atom is -0.405 e. The maximum atomic E-state index is 12.0. The van der Waals surface area contributed by atoms with Gasteiger partial charge in [0.05, 0.1) is 1.37 Å². The first-order valence-electron chi connectivity index (χ1n) is 4.66. The Morgan fingerprint density at radius 3 is 2.50 bits per heavy atom. The molecule has 1 rings (SSSR count). The van der Waals surface area contributed by atoms with E-state index in [1.807, 2.05) is 0 Å². The average Bonchev–Trinajstić information content (AvgIpc) is 1.99. The van der Waals surface area contributed by atoms with Crippen molar-refractivity contribution in [3.05, 3.63) is 29.8 Å². The lowest BCUT2D eigenvalue weighted by Crippen LogP contribution is -2.18. The second-order valence-electron chi connectivity index (χ2n) is 3.17. The quantitative estimate of drug-likeness (QED) is 0.715. The molecule has 0 heterocycles. The SMILES string of the molecule is [2H]c1ccc(C(C)C)c(OC(F)(F)F)c1. The zero-order valence-corrected chi connectivity index (χ0v) is 7.85. The van der Waals surface area contributed by atoms with Gasteiger partial charge in [0.1, 0.15) is 5.75 Å². The Balaban J connectivity index is 3.08. The molecule has 14 heavy (non-hydrogen) atoms. The van der Waals surface area contributed by atoms with Gasteiger partial charge in [-0.05, 0) is 17.5 Å². The largest absolute Gasteiger partial charge is 0.573 e. The summed E-state index contributed by atoms with van der Waals surface area (Å²) in [6.45, 7) is 3.53. The van der Waals surface area contributed by atoms with Crippen LogP contribution in [0.5, 0.6) is 5.75 Å². The molecule has 0 bridgehead atoms. The molecule has 0 saturated heterocycles. The van der Waals surface area contributed by atoms with E-state index in [2.05, 4.69) is 4.74 Å². The van der Waals surface area contributed by atoms with Crippen molar-refractivity contribution >= 4 is 0 Å². The monoisotopic (exact) mass is 205 g/mol. The molecule has 1 nitrogen and oxygen atoms in total. The molecule has 0 unspecified atom stereocenters. The fraction of sp³-hybridized carbons (Fsp3) is 0.400. The summed E-state index contributed by atoms with van der Waals surface area (Å²) in [7, 11) is 0. The van der Waals surface area contributed by atoms with Gasteiger partial charge in [-0.3, -0.25) is 0 Å². The number of hydrogen-bond acceptors (Lipinski definition) is 1. The predicted octanol–water partition coefficient (Wildman–Crippen LogP) is 3.71. The Hall–Kier alpha value is -1.19. The summed E-state index contributed by atoms with van der Waals surface area (Å²) < 4.78 is 47.2. The Kier molecular flexibility index (Phi) is 2.61. The van der Waals surface area contributed by atoms with E-state index in [1.54, 1.807) is 13.8 Å². The third-order valence-corrected chi connectivity index (χ3v) is 1.71. The van der Waals surface area contributed by atoms with Gasteiger partial charge in [-0.25, -0.2) is 0 Å². The van der Waals surface area contributed by atoms with E-state index in [0.29, 0.717) is 5.56 Å². The maximum Gasteiger partial charge on any atom is 0.573 e. The lowest BCUT2D eigenvalue weighted by atomic mass is 10.0. The molecule has 0 aliphatic rings. The van der Waals surface area contributed by atoms with Crippen LogP contribution in [0.25, 0.3) is 0 Å². The summed E-state index contributed by atoms with van der Waals surface area (Å²) in [4.78, 5) is 0. The van der Waals surface area contributed by atoms with E-state index in [-0.39, 0.29) is 17.7 Å². The normalized spacial score (nSPS) is 12.9. The van der Waals surface area contributed by atoms with Crippen molar-refractivity contribution in [3.63, 3.8) is 0 Å². The van der Waals surface area contributed by atoms with Gasteiger partial charge in [-0.15, -0.1) is 13.2 Å². The smallest absolute Gasteiger partial charge is 0.405 e. The van der Waals surface area contributed by atoms with Crippen LogP contribution >= 0.6 is 0 Å². The van der Waals surface area contributed by atoms with Crippen LogP contribution in [0.1, 0.15) is 26.7 Å². The molecule has 0 spiro atoms. The van der Waals surface area contributed by atoms with Crippen LogP contribution < -0.4 is 4.74 Å². The molecular formula is C10H11F3O. The van der Waals surface area contributed by atoms with Crippen molar-refractivity contribution in [1.82, 2.24) is 0 Å². The molecule has 0 aromatic heterocycles. The van der Waals surface area contributed by atoms with Gasteiger partial charge in [-0.1, -0.05) is 32.0 Å². The van der Waals surface area contributed by atoms with Crippen molar-refractivity contribution in [2.24, 2.45) is 0 Å². The zero-order valence-electron chi connectivity index (χ0n) is 8.85. The van der Waals surface area contributed by atoms with Gasteiger partial charge in [0.25, 0.3) is 0 Å². The highest BCUT2D eigenvalue weighted by Crippen LogP contribution is 2.30. The Morgan fingerprint density at radius 1 is 1.36 bits per heavy atom. The molecule has 0 radical (unpaired) electrons. The molecule has 0 amide bonds. The molecule has 4 heteroatoms. The van der Waals surface area contributed by atoms with Crippen LogP contribution in [0.3, 0.4) is 0 Å². The van der Waals surface area contributed by atoms with Crippen molar-refractivity contribution in [3.8, 4) is 5.75 Å². The Bertz CT molecular complexity index is 347. The van der Waals surface area contributed by atoms with Gasteiger partial charge >= 0.3 is 6.36 Å². The van der Waals surface area contributed by atoms with Gasteiger partial charge < -0.3 is 4.74 Å². The van der Waals surface area contributed by atoms with Crippen LogP contribution in [0.2, 0.25) is 0 Å². The van der Waals surface area contributed by atoms with Gasteiger partial charge in [0.2, 0.25) is 0 Å². The summed E-state index contributed by atoms with van der Waals surface area (Å²) in [5, 5.41) is 0. The number of rotatable bonds is 2. The van der Waals surface area contributed by atoms with Crippen LogP contribution in [0.15, 0.2) is 24.2 Å². The fourth-order valence-corrected chi connectivity index (χ4v) is 1.12. The highest BCUT2D eigenvalue weighted by Gasteiger charge is 2.32.